The molecule has 2 aromatic rings. The summed E-state index contributed by atoms with van der Waals surface area (Å²) in [7, 11) is 0. The van der Waals surface area contributed by atoms with Crippen molar-refractivity contribution in [2.45, 2.75) is 38.5 Å². The zero-order valence-electron chi connectivity index (χ0n) is 15.3. The summed E-state index contributed by atoms with van der Waals surface area (Å²) in [5, 5.41) is 0. The molecule has 26 heavy (non-hydrogen) atoms. The van der Waals surface area contributed by atoms with Crippen LogP contribution in [0.5, 0.6) is 5.75 Å². The highest BCUT2D eigenvalue weighted by atomic mass is 16.5. The maximum atomic E-state index is 12.8. The summed E-state index contributed by atoms with van der Waals surface area (Å²) in [4.78, 5) is 17.3. The van der Waals surface area contributed by atoms with Gasteiger partial charge in [-0.2, -0.15) is 0 Å². The first-order chi connectivity index (χ1) is 12.7. The number of nitrogens with zero attached hydrogens (tertiary/aromatic N) is 2. The Labute approximate surface area is 155 Å². The first kappa shape index (κ1) is 17.1. The van der Waals surface area contributed by atoms with E-state index >= 15 is 0 Å². The van der Waals surface area contributed by atoms with Crippen molar-refractivity contribution in [1.82, 2.24) is 9.80 Å². The molecule has 0 N–H and O–H groups in total. The molecule has 0 aliphatic carbocycles. The predicted molar refractivity (Wildman–Crippen MR) is 102 cm³/mol. The van der Waals surface area contributed by atoms with Gasteiger partial charge in [0, 0.05) is 32.2 Å². The van der Waals surface area contributed by atoms with Crippen molar-refractivity contribution in [3.8, 4) is 5.75 Å². The van der Waals surface area contributed by atoms with Crippen molar-refractivity contribution in [2.75, 3.05) is 19.6 Å². The number of benzene rings is 2. The van der Waals surface area contributed by atoms with Gasteiger partial charge in [-0.05, 0) is 43.0 Å². The zero-order valence-corrected chi connectivity index (χ0v) is 15.3. The van der Waals surface area contributed by atoms with Crippen LogP contribution >= 0.6 is 0 Å². The quantitative estimate of drug-likeness (QED) is 0.849. The predicted octanol–water partition coefficient (Wildman–Crippen LogP) is 3.11. The van der Waals surface area contributed by atoms with E-state index in [4.69, 9.17) is 4.74 Å². The molecular weight excluding hydrogens is 324 g/mol. The van der Waals surface area contributed by atoms with Crippen molar-refractivity contribution in [2.24, 2.45) is 0 Å². The van der Waals surface area contributed by atoms with Crippen LogP contribution in [0.15, 0.2) is 54.6 Å². The second kappa shape index (κ2) is 7.50. The Morgan fingerprint density at radius 1 is 1.04 bits per heavy atom. The molecule has 2 unspecified atom stereocenters. The van der Waals surface area contributed by atoms with Gasteiger partial charge in [0.15, 0.2) is 6.10 Å². The number of para-hydroxylation sites is 1. The Bertz CT molecular complexity index is 762. The monoisotopic (exact) mass is 350 g/mol. The number of fused-ring (bicyclic) bond motifs is 1. The molecular formula is C22H26N2O2. The maximum Gasteiger partial charge on any atom is 0.263 e. The number of hydrogen-bond acceptors (Lipinski definition) is 3. The standard InChI is InChI=1S/C22H26N2O2/c1-17(26-21-9-3-2-4-10-21)22(25)24-14-12-20(16-24)23-13-11-18-7-5-6-8-19(18)15-23/h2-10,17,20H,11-16H2,1H3. The van der Waals surface area contributed by atoms with Crippen molar-refractivity contribution in [3.05, 3.63) is 65.7 Å². The molecule has 2 atom stereocenters. The molecule has 0 saturated carbocycles. The summed E-state index contributed by atoms with van der Waals surface area (Å²) in [6, 6.07) is 18.7. The second-order valence-corrected chi connectivity index (χ2v) is 7.29. The van der Waals surface area contributed by atoms with Crippen molar-refractivity contribution in [3.63, 3.8) is 0 Å². The molecule has 0 aromatic heterocycles. The fourth-order valence-corrected chi connectivity index (χ4v) is 4.08. The van der Waals surface area contributed by atoms with Gasteiger partial charge in [-0.1, -0.05) is 42.5 Å². The van der Waals surface area contributed by atoms with Crippen molar-refractivity contribution < 1.29 is 9.53 Å². The molecule has 2 heterocycles. The van der Waals surface area contributed by atoms with E-state index in [1.54, 1.807) is 0 Å². The van der Waals surface area contributed by atoms with E-state index in [1.165, 1.54) is 11.1 Å². The lowest BCUT2D eigenvalue weighted by molar-refractivity contribution is -0.137. The van der Waals surface area contributed by atoms with Crippen LogP contribution < -0.4 is 4.74 Å². The van der Waals surface area contributed by atoms with E-state index in [-0.39, 0.29) is 5.91 Å². The SMILES string of the molecule is CC(Oc1ccccc1)C(=O)N1CCC(N2CCc3ccccc3C2)C1. The maximum absolute atomic E-state index is 12.8. The average molecular weight is 350 g/mol. The molecule has 0 spiro atoms. The van der Waals surface area contributed by atoms with E-state index in [0.29, 0.717) is 6.04 Å². The lowest BCUT2D eigenvalue weighted by Gasteiger charge is -2.33. The van der Waals surface area contributed by atoms with Crippen LogP contribution in [0.25, 0.3) is 0 Å². The van der Waals surface area contributed by atoms with Gasteiger partial charge >= 0.3 is 0 Å². The zero-order chi connectivity index (χ0) is 17.9. The first-order valence-corrected chi connectivity index (χ1v) is 9.52. The van der Waals surface area contributed by atoms with Crippen LogP contribution in [0, 0.1) is 0 Å². The first-order valence-electron chi connectivity index (χ1n) is 9.52. The summed E-state index contributed by atoms with van der Waals surface area (Å²) in [6.07, 6.45) is 1.71. The fraction of sp³-hybridized carbons (Fsp3) is 0.409. The Hall–Kier alpha value is -2.33. The van der Waals surface area contributed by atoms with Crippen LogP contribution in [0.1, 0.15) is 24.5 Å². The highest BCUT2D eigenvalue weighted by Gasteiger charge is 2.34. The van der Waals surface area contributed by atoms with E-state index < -0.39 is 6.10 Å². The number of carbonyl (C=O) groups is 1. The molecule has 2 aliphatic rings. The van der Waals surface area contributed by atoms with Gasteiger partial charge in [0.1, 0.15) is 5.75 Å². The molecule has 4 nitrogen and oxygen atoms in total. The van der Waals surface area contributed by atoms with Crippen molar-refractivity contribution in [1.29, 1.82) is 0 Å². The molecule has 4 heteroatoms. The molecule has 1 amide bonds. The van der Waals surface area contributed by atoms with Gasteiger partial charge in [0.05, 0.1) is 0 Å². The third kappa shape index (κ3) is 3.61. The Kier molecular flexibility index (Phi) is 4.93. The van der Waals surface area contributed by atoms with Crippen LogP contribution in [-0.2, 0) is 17.8 Å². The van der Waals surface area contributed by atoms with E-state index in [2.05, 4.69) is 29.2 Å². The highest BCUT2D eigenvalue weighted by molar-refractivity contribution is 5.81. The second-order valence-electron chi connectivity index (χ2n) is 7.29. The van der Waals surface area contributed by atoms with Gasteiger partial charge in [-0.3, -0.25) is 9.69 Å². The molecule has 136 valence electrons. The van der Waals surface area contributed by atoms with Gasteiger partial charge in [0.25, 0.3) is 5.91 Å². The minimum Gasteiger partial charge on any atom is -0.481 e. The van der Waals surface area contributed by atoms with Crippen molar-refractivity contribution >= 4 is 5.91 Å². The lowest BCUT2D eigenvalue weighted by atomic mass is 9.98. The van der Waals surface area contributed by atoms with Gasteiger partial charge in [-0.25, -0.2) is 0 Å². The topological polar surface area (TPSA) is 32.8 Å². The largest absolute Gasteiger partial charge is 0.481 e. The number of carbonyl (C=O) groups excluding carboxylic acids is 1. The molecule has 1 fully saturated rings. The molecule has 2 aliphatic heterocycles. The summed E-state index contributed by atoms with van der Waals surface area (Å²) in [6.45, 7) is 5.56. The summed E-state index contributed by atoms with van der Waals surface area (Å²) in [5.41, 5.74) is 2.91. The third-order valence-electron chi connectivity index (χ3n) is 5.56. The average Bonchev–Trinajstić information content (AvgIpc) is 3.18. The van der Waals surface area contributed by atoms with E-state index in [1.807, 2.05) is 42.2 Å². The molecule has 0 bridgehead atoms. The molecule has 1 saturated heterocycles. The van der Waals surface area contributed by atoms with Gasteiger partial charge in [-0.15, -0.1) is 0 Å². The van der Waals surface area contributed by atoms with Crippen LogP contribution in [0.2, 0.25) is 0 Å². The number of likely N-dealkylation sites (tertiary alicyclic amines) is 1. The fourth-order valence-electron chi connectivity index (χ4n) is 4.08. The Morgan fingerprint density at radius 3 is 2.58 bits per heavy atom. The number of rotatable bonds is 4. The highest BCUT2D eigenvalue weighted by Crippen LogP contribution is 2.25. The molecule has 2 aromatic carbocycles. The van der Waals surface area contributed by atoms with E-state index in [0.717, 1.165) is 44.8 Å². The number of amides is 1. The van der Waals surface area contributed by atoms with Crippen LogP contribution in [0.3, 0.4) is 0 Å². The third-order valence-corrected chi connectivity index (χ3v) is 5.56. The summed E-state index contributed by atoms with van der Waals surface area (Å²) >= 11 is 0. The normalized spacial score (nSPS) is 21.3. The van der Waals surface area contributed by atoms with Crippen LogP contribution in [-0.4, -0.2) is 47.5 Å². The van der Waals surface area contributed by atoms with Gasteiger partial charge in [0.2, 0.25) is 0 Å². The van der Waals surface area contributed by atoms with Crippen LogP contribution in [0.4, 0.5) is 0 Å². The Morgan fingerprint density at radius 2 is 1.77 bits per heavy atom. The smallest absolute Gasteiger partial charge is 0.263 e. The minimum atomic E-state index is -0.446. The Balaban J connectivity index is 1.34. The van der Waals surface area contributed by atoms with Gasteiger partial charge < -0.3 is 9.64 Å². The minimum absolute atomic E-state index is 0.0914. The lowest BCUT2D eigenvalue weighted by Crippen LogP contribution is -2.44. The summed E-state index contributed by atoms with van der Waals surface area (Å²) in [5.74, 6) is 0.838. The molecule has 4 rings (SSSR count). The summed E-state index contributed by atoms with van der Waals surface area (Å²) < 4.78 is 5.81. The number of ether oxygens (including phenoxy) is 1. The molecule has 0 radical (unpaired) electrons. The number of hydrogen-bond donors (Lipinski definition) is 0. The van der Waals surface area contributed by atoms with E-state index in [9.17, 15) is 4.79 Å².